The third-order valence-corrected chi connectivity index (χ3v) is 4.02. The van der Waals surface area contributed by atoms with E-state index in [9.17, 15) is 9.18 Å². The Labute approximate surface area is 147 Å². The lowest BCUT2D eigenvalue weighted by Gasteiger charge is -2.27. The van der Waals surface area contributed by atoms with E-state index in [4.69, 9.17) is 16.0 Å². The molecule has 1 heterocycles. The first-order valence-electron chi connectivity index (χ1n) is 7.97. The average molecular weight is 344 g/mol. The summed E-state index contributed by atoms with van der Waals surface area (Å²) >= 11 is 0. The predicted molar refractivity (Wildman–Crippen MR) is 93.1 cm³/mol. The van der Waals surface area contributed by atoms with Gasteiger partial charge in [0.2, 0.25) is 0 Å². The van der Waals surface area contributed by atoms with Crippen molar-refractivity contribution >= 4 is 11.7 Å². The monoisotopic (exact) mass is 344 g/mol. The summed E-state index contributed by atoms with van der Waals surface area (Å²) in [6.45, 7) is 14.5. The average Bonchev–Trinajstić information content (AvgIpc) is 2.53. The van der Waals surface area contributed by atoms with Gasteiger partial charge in [0.1, 0.15) is 17.5 Å². The van der Waals surface area contributed by atoms with Gasteiger partial charge in [0, 0.05) is 17.3 Å². The molecule has 5 nitrogen and oxygen atoms in total. The molecule has 0 fully saturated rings. The van der Waals surface area contributed by atoms with E-state index in [1.807, 2.05) is 0 Å². The van der Waals surface area contributed by atoms with Gasteiger partial charge in [0.15, 0.2) is 0 Å². The van der Waals surface area contributed by atoms with Crippen molar-refractivity contribution in [1.82, 2.24) is 0 Å². The fraction of sp³-hybridized carbons (Fsp3) is 0.421. The second-order valence-corrected chi connectivity index (χ2v) is 6.14. The molecule has 0 N–H and O–H groups in total. The summed E-state index contributed by atoms with van der Waals surface area (Å²) in [6, 6.07) is 3.41. The summed E-state index contributed by atoms with van der Waals surface area (Å²) in [7, 11) is 1.43. The first-order chi connectivity index (χ1) is 11.8. The van der Waals surface area contributed by atoms with Crippen LogP contribution in [0.2, 0.25) is 0 Å². The Balaban J connectivity index is 2.67. The molecule has 0 spiro atoms. The van der Waals surface area contributed by atoms with E-state index < -0.39 is 23.7 Å². The SMILES string of the molecule is [C-]#[N+]C1C(C)=NC(C)=C(C(=O)OC(C)C)C1c1ccc(F)cc1OC. The van der Waals surface area contributed by atoms with Gasteiger partial charge in [-0.05, 0) is 33.8 Å². The molecule has 1 aliphatic rings. The number of ether oxygens (including phenoxy) is 2. The molecule has 2 unspecified atom stereocenters. The molecule has 132 valence electrons. The molecule has 1 aliphatic heterocycles. The first-order valence-corrected chi connectivity index (χ1v) is 7.97. The lowest BCUT2D eigenvalue weighted by molar-refractivity contribution is -0.143. The van der Waals surface area contributed by atoms with Crippen LogP contribution in [0.15, 0.2) is 34.5 Å². The maximum atomic E-state index is 13.6. The summed E-state index contributed by atoms with van der Waals surface area (Å²) < 4.78 is 24.2. The Hall–Kier alpha value is -2.68. The largest absolute Gasteiger partial charge is 0.496 e. The highest BCUT2D eigenvalue weighted by molar-refractivity contribution is 6.00. The molecule has 0 aromatic heterocycles. The molecular weight excluding hydrogens is 323 g/mol. The molecule has 2 rings (SSSR count). The lowest BCUT2D eigenvalue weighted by Crippen LogP contribution is -2.33. The van der Waals surface area contributed by atoms with Crippen LogP contribution in [0, 0.1) is 12.4 Å². The van der Waals surface area contributed by atoms with Crippen LogP contribution in [0.4, 0.5) is 4.39 Å². The van der Waals surface area contributed by atoms with Crippen molar-refractivity contribution in [3.8, 4) is 5.75 Å². The number of benzene rings is 1. The molecular formula is C19H21FN2O3. The zero-order valence-electron chi connectivity index (χ0n) is 15.0. The van der Waals surface area contributed by atoms with Gasteiger partial charge < -0.3 is 14.3 Å². The fourth-order valence-corrected chi connectivity index (χ4v) is 3.00. The lowest BCUT2D eigenvalue weighted by atomic mass is 9.80. The number of hydrogen-bond donors (Lipinski definition) is 0. The third kappa shape index (κ3) is 3.71. The maximum absolute atomic E-state index is 13.6. The van der Waals surface area contributed by atoms with Gasteiger partial charge in [0.05, 0.1) is 24.5 Å². The van der Waals surface area contributed by atoms with Crippen molar-refractivity contribution in [3.05, 3.63) is 52.3 Å². The Morgan fingerprint density at radius 1 is 1.36 bits per heavy atom. The number of hydrogen-bond acceptors (Lipinski definition) is 4. The van der Waals surface area contributed by atoms with Crippen molar-refractivity contribution in [2.24, 2.45) is 4.99 Å². The molecule has 0 saturated carbocycles. The van der Waals surface area contributed by atoms with E-state index >= 15 is 0 Å². The molecule has 1 aromatic rings. The Kier molecular flexibility index (Phi) is 5.58. The minimum atomic E-state index is -0.683. The molecule has 0 saturated heterocycles. The quantitative estimate of drug-likeness (QED) is 0.615. The van der Waals surface area contributed by atoms with Gasteiger partial charge >= 0.3 is 5.97 Å². The Morgan fingerprint density at radius 3 is 2.60 bits per heavy atom. The van der Waals surface area contributed by atoms with Gasteiger partial charge in [0.25, 0.3) is 6.04 Å². The van der Waals surface area contributed by atoms with Crippen molar-refractivity contribution in [3.63, 3.8) is 0 Å². The van der Waals surface area contributed by atoms with Crippen LogP contribution in [0.25, 0.3) is 4.85 Å². The molecule has 25 heavy (non-hydrogen) atoms. The predicted octanol–water partition coefficient (Wildman–Crippen LogP) is 3.91. The Bertz CT molecular complexity index is 790. The van der Waals surface area contributed by atoms with E-state index in [-0.39, 0.29) is 11.9 Å². The van der Waals surface area contributed by atoms with Crippen LogP contribution in [-0.4, -0.2) is 30.9 Å². The molecule has 1 aromatic carbocycles. The zero-order valence-corrected chi connectivity index (χ0v) is 15.0. The maximum Gasteiger partial charge on any atom is 0.337 e. The van der Waals surface area contributed by atoms with E-state index in [1.165, 1.54) is 19.2 Å². The molecule has 0 bridgehead atoms. The van der Waals surface area contributed by atoms with Crippen LogP contribution in [-0.2, 0) is 9.53 Å². The smallest absolute Gasteiger partial charge is 0.337 e. The van der Waals surface area contributed by atoms with Crippen molar-refractivity contribution in [2.75, 3.05) is 7.11 Å². The van der Waals surface area contributed by atoms with Crippen molar-refractivity contribution < 1.29 is 18.7 Å². The summed E-state index contributed by atoms with van der Waals surface area (Å²) in [5, 5.41) is 0. The summed E-state index contributed by atoms with van der Waals surface area (Å²) in [6.07, 6.45) is -0.304. The van der Waals surface area contributed by atoms with E-state index in [2.05, 4.69) is 9.84 Å². The number of nitrogens with zero attached hydrogens (tertiary/aromatic N) is 2. The number of allylic oxidation sites excluding steroid dienone is 1. The summed E-state index contributed by atoms with van der Waals surface area (Å²) in [5.41, 5.74) is 1.98. The van der Waals surface area contributed by atoms with Crippen molar-refractivity contribution in [2.45, 2.75) is 45.8 Å². The van der Waals surface area contributed by atoms with Crippen LogP contribution >= 0.6 is 0 Å². The second-order valence-electron chi connectivity index (χ2n) is 6.14. The van der Waals surface area contributed by atoms with E-state index in [0.717, 1.165) is 0 Å². The molecule has 2 atom stereocenters. The van der Waals surface area contributed by atoms with Crippen LogP contribution in [0.1, 0.15) is 39.2 Å². The Morgan fingerprint density at radius 2 is 2.04 bits per heavy atom. The van der Waals surface area contributed by atoms with Crippen LogP contribution < -0.4 is 4.74 Å². The standard InChI is InChI=1S/C19H21FN2O3/c1-10(2)25-19(23)16-11(3)22-12(4)18(21-5)17(16)14-8-7-13(20)9-15(14)24-6/h7-10,17-18H,1-4,6H3. The second kappa shape index (κ2) is 7.47. The highest BCUT2D eigenvalue weighted by atomic mass is 19.1. The number of esters is 1. The highest BCUT2D eigenvalue weighted by Crippen LogP contribution is 2.41. The van der Waals surface area contributed by atoms with E-state index in [1.54, 1.807) is 33.8 Å². The van der Waals surface area contributed by atoms with Gasteiger partial charge in [-0.25, -0.2) is 15.8 Å². The minimum Gasteiger partial charge on any atom is -0.496 e. The topological polar surface area (TPSA) is 52.2 Å². The zero-order chi connectivity index (χ0) is 18.7. The number of aliphatic imine (C=N–C) groups is 1. The highest BCUT2D eigenvalue weighted by Gasteiger charge is 2.43. The first kappa shape index (κ1) is 18.7. The normalized spacial score (nSPS) is 20.2. The fourth-order valence-electron chi connectivity index (χ4n) is 3.00. The van der Waals surface area contributed by atoms with Crippen LogP contribution in [0.3, 0.4) is 0 Å². The minimum absolute atomic E-state index is 0.288. The number of carbonyl (C=O) groups excluding carboxylic acids is 1. The number of carbonyl (C=O) groups is 1. The molecule has 0 aliphatic carbocycles. The van der Waals surface area contributed by atoms with E-state index in [0.29, 0.717) is 22.5 Å². The molecule has 6 heteroatoms. The number of methoxy groups -OCH3 is 1. The van der Waals surface area contributed by atoms with Gasteiger partial charge in [-0.15, -0.1) is 0 Å². The van der Waals surface area contributed by atoms with Gasteiger partial charge in [-0.2, -0.15) is 0 Å². The molecule has 0 amide bonds. The number of rotatable bonds is 4. The third-order valence-electron chi connectivity index (χ3n) is 4.02. The summed E-state index contributed by atoms with van der Waals surface area (Å²) in [5.74, 6) is -1.31. The van der Waals surface area contributed by atoms with Crippen molar-refractivity contribution in [1.29, 1.82) is 0 Å². The molecule has 0 radical (unpaired) electrons. The van der Waals surface area contributed by atoms with Crippen LogP contribution in [0.5, 0.6) is 5.75 Å². The van der Waals surface area contributed by atoms with Gasteiger partial charge in [-0.3, -0.25) is 4.99 Å². The summed E-state index contributed by atoms with van der Waals surface area (Å²) in [4.78, 5) is 20.7. The van der Waals surface area contributed by atoms with Gasteiger partial charge in [-0.1, -0.05) is 6.07 Å². The number of halogens is 1.